The van der Waals surface area contributed by atoms with Crippen LogP contribution in [0.4, 0.5) is 0 Å². The predicted octanol–water partition coefficient (Wildman–Crippen LogP) is 3.23. The lowest BCUT2D eigenvalue weighted by molar-refractivity contribution is 0.522. The first-order chi connectivity index (χ1) is 7.15. The first-order valence-corrected chi connectivity index (χ1v) is 6.05. The summed E-state index contributed by atoms with van der Waals surface area (Å²) in [6.45, 7) is 9.88. The van der Waals surface area contributed by atoms with Crippen LogP contribution >= 0.6 is 0 Å². The molecule has 0 saturated heterocycles. The third-order valence-corrected chi connectivity index (χ3v) is 3.01. The van der Waals surface area contributed by atoms with E-state index in [0.29, 0.717) is 11.8 Å². The van der Waals surface area contributed by atoms with E-state index in [0.717, 1.165) is 12.2 Å². The number of nitrogens with zero attached hydrogens (tertiary/aromatic N) is 3. The van der Waals surface area contributed by atoms with Gasteiger partial charge in [-0.25, -0.2) is 0 Å². The number of hydrogen-bond acceptors (Lipinski definition) is 2. The fourth-order valence-electron chi connectivity index (χ4n) is 1.50. The van der Waals surface area contributed by atoms with Gasteiger partial charge in [-0.1, -0.05) is 45.7 Å². The molecule has 1 rings (SSSR count). The van der Waals surface area contributed by atoms with Crippen molar-refractivity contribution in [1.29, 1.82) is 0 Å². The quantitative estimate of drug-likeness (QED) is 0.673. The maximum Gasteiger partial charge on any atom is 0.0857 e. The van der Waals surface area contributed by atoms with Crippen LogP contribution in [-0.2, 0) is 6.54 Å². The summed E-state index contributed by atoms with van der Waals surface area (Å²) in [6, 6.07) is 0. The van der Waals surface area contributed by atoms with Crippen LogP contribution in [0.1, 0.15) is 58.6 Å². The fourth-order valence-corrected chi connectivity index (χ4v) is 1.50. The van der Waals surface area contributed by atoms with E-state index in [1.807, 2.05) is 4.68 Å². The van der Waals surface area contributed by atoms with Crippen molar-refractivity contribution in [1.82, 2.24) is 15.0 Å². The maximum atomic E-state index is 4.23. The first kappa shape index (κ1) is 12.2. The van der Waals surface area contributed by atoms with Crippen molar-refractivity contribution >= 4 is 0 Å². The van der Waals surface area contributed by atoms with Gasteiger partial charge >= 0.3 is 0 Å². The van der Waals surface area contributed by atoms with E-state index in [9.17, 15) is 0 Å². The van der Waals surface area contributed by atoms with Gasteiger partial charge in [-0.05, 0) is 12.3 Å². The van der Waals surface area contributed by atoms with E-state index < -0.39 is 0 Å². The second-order valence-electron chi connectivity index (χ2n) is 4.65. The molecule has 0 aliphatic rings. The molecular formula is C12H23N3. The molecule has 1 heterocycles. The minimum absolute atomic E-state index is 0.505. The van der Waals surface area contributed by atoms with Gasteiger partial charge in [0.25, 0.3) is 0 Å². The largest absolute Gasteiger partial charge is 0.252 e. The second-order valence-corrected chi connectivity index (χ2v) is 4.65. The lowest BCUT2D eigenvalue weighted by Crippen LogP contribution is -2.02. The van der Waals surface area contributed by atoms with Gasteiger partial charge in [-0.3, -0.25) is 4.68 Å². The third kappa shape index (κ3) is 3.65. The summed E-state index contributed by atoms with van der Waals surface area (Å²) in [5, 5.41) is 8.39. The lowest BCUT2D eigenvalue weighted by Gasteiger charge is -2.10. The highest BCUT2D eigenvalue weighted by Gasteiger charge is 2.13. The molecule has 1 aromatic rings. The average Bonchev–Trinajstić information content (AvgIpc) is 2.65. The standard InChI is InChI=1S/C12H23N3/c1-5-6-7-8-15-9-12(13-14-15)11(4)10(2)3/h9-11H,5-8H2,1-4H3. The molecule has 0 spiro atoms. The summed E-state index contributed by atoms with van der Waals surface area (Å²) < 4.78 is 1.98. The van der Waals surface area contributed by atoms with Gasteiger partial charge in [0.1, 0.15) is 0 Å². The Morgan fingerprint density at radius 1 is 1.27 bits per heavy atom. The van der Waals surface area contributed by atoms with Crippen molar-refractivity contribution in [2.24, 2.45) is 5.92 Å². The first-order valence-electron chi connectivity index (χ1n) is 6.05. The second kappa shape index (κ2) is 5.89. The molecule has 3 heteroatoms. The van der Waals surface area contributed by atoms with Crippen LogP contribution in [-0.4, -0.2) is 15.0 Å². The van der Waals surface area contributed by atoms with Crippen molar-refractivity contribution in [2.45, 2.75) is 59.4 Å². The van der Waals surface area contributed by atoms with Crippen LogP contribution in [0.3, 0.4) is 0 Å². The molecule has 0 N–H and O–H groups in total. The molecule has 0 radical (unpaired) electrons. The monoisotopic (exact) mass is 209 g/mol. The predicted molar refractivity (Wildman–Crippen MR) is 62.8 cm³/mol. The summed E-state index contributed by atoms with van der Waals surface area (Å²) in [6.07, 6.45) is 5.83. The Labute approximate surface area is 92.9 Å². The summed E-state index contributed by atoms with van der Waals surface area (Å²) in [7, 11) is 0. The van der Waals surface area contributed by atoms with Crippen LogP contribution < -0.4 is 0 Å². The van der Waals surface area contributed by atoms with Crippen molar-refractivity contribution in [3.8, 4) is 0 Å². The minimum atomic E-state index is 0.505. The molecule has 1 unspecified atom stereocenters. The van der Waals surface area contributed by atoms with E-state index in [2.05, 4.69) is 44.2 Å². The molecule has 1 aromatic heterocycles. The molecule has 3 nitrogen and oxygen atoms in total. The highest BCUT2D eigenvalue weighted by atomic mass is 15.4. The molecule has 0 saturated carbocycles. The molecule has 86 valence electrons. The van der Waals surface area contributed by atoms with Gasteiger partial charge in [0.15, 0.2) is 0 Å². The van der Waals surface area contributed by atoms with Crippen LogP contribution in [0.25, 0.3) is 0 Å². The van der Waals surface area contributed by atoms with E-state index in [-0.39, 0.29) is 0 Å². The zero-order valence-corrected chi connectivity index (χ0v) is 10.4. The van der Waals surface area contributed by atoms with Crippen LogP contribution in [0, 0.1) is 5.92 Å². The Hall–Kier alpha value is -0.860. The Morgan fingerprint density at radius 2 is 2.00 bits per heavy atom. The number of unbranched alkanes of at least 4 members (excludes halogenated alkanes) is 2. The molecule has 0 fully saturated rings. The van der Waals surface area contributed by atoms with Gasteiger partial charge in [-0.15, -0.1) is 5.10 Å². The van der Waals surface area contributed by atoms with Crippen LogP contribution in [0.2, 0.25) is 0 Å². The smallest absolute Gasteiger partial charge is 0.0857 e. The maximum absolute atomic E-state index is 4.23. The van der Waals surface area contributed by atoms with Gasteiger partial charge < -0.3 is 0 Å². The molecule has 15 heavy (non-hydrogen) atoms. The number of hydrogen-bond donors (Lipinski definition) is 0. The highest BCUT2D eigenvalue weighted by molar-refractivity contribution is 5.01. The molecule has 0 aliphatic heterocycles. The van der Waals surface area contributed by atoms with Crippen molar-refractivity contribution in [3.63, 3.8) is 0 Å². The molecule has 0 aromatic carbocycles. The third-order valence-electron chi connectivity index (χ3n) is 3.01. The summed E-state index contributed by atoms with van der Waals surface area (Å²) >= 11 is 0. The lowest BCUT2D eigenvalue weighted by atomic mass is 9.95. The molecule has 0 bridgehead atoms. The molecule has 0 amide bonds. The number of aryl methyl sites for hydroxylation is 1. The zero-order chi connectivity index (χ0) is 11.3. The van der Waals surface area contributed by atoms with Crippen molar-refractivity contribution in [2.75, 3.05) is 0 Å². The summed E-state index contributed by atoms with van der Waals surface area (Å²) in [5.41, 5.74) is 1.13. The Morgan fingerprint density at radius 3 is 2.60 bits per heavy atom. The molecule has 1 atom stereocenters. The van der Waals surface area contributed by atoms with Crippen LogP contribution in [0.15, 0.2) is 6.20 Å². The Kier molecular flexibility index (Phi) is 4.79. The highest BCUT2D eigenvalue weighted by Crippen LogP contribution is 2.20. The average molecular weight is 209 g/mol. The normalized spacial score (nSPS) is 13.4. The Balaban J connectivity index is 2.48. The van der Waals surface area contributed by atoms with E-state index in [4.69, 9.17) is 0 Å². The van der Waals surface area contributed by atoms with E-state index in [1.54, 1.807) is 0 Å². The summed E-state index contributed by atoms with van der Waals surface area (Å²) in [4.78, 5) is 0. The van der Waals surface area contributed by atoms with Gasteiger partial charge in [-0.2, -0.15) is 0 Å². The Bertz CT molecular complexity index is 278. The van der Waals surface area contributed by atoms with E-state index >= 15 is 0 Å². The van der Waals surface area contributed by atoms with Crippen molar-refractivity contribution < 1.29 is 0 Å². The molecular weight excluding hydrogens is 186 g/mol. The van der Waals surface area contributed by atoms with Crippen molar-refractivity contribution in [3.05, 3.63) is 11.9 Å². The fraction of sp³-hybridized carbons (Fsp3) is 0.833. The van der Waals surface area contributed by atoms with Gasteiger partial charge in [0.05, 0.1) is 5.69 Å². The molecule has 0 aliphatic carbocycles. The topological polar surface area (TPSA) is 30.7 Å². The SMILES string of the molecule is CCCCCn1cc(C(C)C(C)C)nn1. The van der Waals surface area contributed by atoms with Gasteiger partial charge in [0.2, 0.25) is 0 Å². The number of aromatic nitrogens is 3. The number of rotatable bonds is 6. The minimum Gasteiger partial charge on any atom is -0.252 e. The van der Waals surface area contributed by atoms with Gasteiger partial charge in [0, 0.05) is 18.7 Å². The zero-order valence-electron chi connectivity index (χ0n) is 10.4. The van der Waals surface area contributed by atoms with E-state index in [1.165, 1.54) is 19.3 Å². The summed E-state index contributed by atoms with van der Waals surface area (Å²) in [5.74, 6) is 1.13. The van der Waals surface area contributed by atoms with Crippen LogP contribution in [0.5, 0.6) is 0 Å².